The number of carboxylic acids is 1. The van der Waals surface area contributed by atoms with E-state index in [0.29, 0.717) is 26.2 Å². The third kappa shape index (κ3) is 7.05. The molecule has 25 heavy (non-hydrogen) atoms. The summed E-state index contributed by atoms with van der Waals surface area (Å²) in [7, 11) is 0. The van der Waals surface area contributed by atoms with Crippen LogP contribution in [0.15, 0.2) is 54.6 Å². The molecule has 0 aliphatic carbocycles. The molecule has 1 amide bonds. The zero-order valence-corrected chi connectivity index (χ0v) is 13.8. The van der Waals surface area contributed by atoms with Gasteiger partial charge in [0.1, 0.15) is 19.0 Å². The molecule has 0 saturated heterocycles. The van der Waals surface area contributed by atoms with Gasteiger partial charge < -0.3 is 19.9 Å². The highest BCUT2D eigenvalue weighted by Crippen LogP contribution is 2.07. The van der Waals surface area contributed by atoms with Crippen molar-refractivity contribution in [2.24, 2.45) is 0 Å². The summed E-state index contributed by atoms with van der Waals surface area (Å²) < 4.78 is 10.7. The number of hydrogen-bond donors (Lipinski definition) is 2. The molecule has 0 saturated carbocycles. The summed E-state index contributed by atoms with van der Waals surface area (Å²) in [6.45, 7) is 1.08. The molecule has 0 aromatic heterocycles. The Morgan fingerprint density at radius 1 is 1.00 bits per heavy atom. The van der Waals surface area contributed by atoms with Gasteiger partial charge in [-0.05, 0) is 36.2 Å². The van der Waals surface area contributed by atoms with Crippen LogP contribution in [0.3, 0.4) is 0 Å². The van der Waals surface area contributed by atoms with Crippen molar-refractivity contribution in [3.05, 3.63) is 65.7 Å². The maximum absolute atomic E-state index is 11.7. The van der Waals surface area contributed by atoms with Crippen LogP contribution in [-0.2, 0) is 16.0 Å². The lowest BCUT2D eigenvalue weighted by Gasteiger charge is -2.08. The first-order chi connectivity index (χ1) is 12.1. The maximum Gasteiger partial charge on any atom is 0.335 e. The van der Waals surface area contributed by atoms with E-state index in [4.69, 9.17) is 14.6 Å². The number of nitrogens with one attached hydrogen (secondary N) is 1. The van der Waals surface area contributed by atoms with Crippen molar-refractivity contribution in [3.63, 3.8) is 0 Å². The maximum atomic E-state index is 11.7. The van der Waals surface area contributed by atoms with Gasteiger partial charge in [0.05, 0.1) is 12.2 Å². The minimum atomic E-state index is -0.961. The molecule has 2 aromatic rings. The lowest BCUT2D eigenvalue weighted by molar-refractivity contribution is -0.125. The molecule has 0 fully saturated rings. The monoisotopic (exact) mass is 343 g/mol. The average molecular weight is 343 g/mol. The Morgan fingerprint density at radius 3 is 2.56 bits per heavy atom. The predicted octanol–water partition coefficient (Wildman–Crippen LogP) is 2.14. The topological polar surface area (TPSA) is 84.9 Å². The zero-order chi connectivity index (χ0) is 17.9. The quantitative estimate of drug-likeness (QED) is 0.646. The molecule has 0 aliphatic rings. The Hall–Kier alpha value is -2.86. The molecule has 132 valence electrons. The van der Waals surface area contributed by atoms with Crippen LogP contribution in [0.25, 0.3) is 0 Å². The SMILES string of the molecule is O=C(COCCOc1ccccc1)NCCc1cccc(C(=O)O)c1. The summed E-state index contributed by atoms with van der Waals surface area (Å²) >= 11 is 0. The molecular weight excluding hydrogens is 322 g/mol. The molecule has 0 heterocycles. The Bertz CT molecular complexity index is 687. The largest absolute Gasteiger partial charge is 0.491 e. The van der Waals surface area contributed by atoms with E-state index in [1.54, 1.807) is 12.1 Å². The standard InChI is InChI=1S/C19H21NO5/c21-18(14-24-11-12-25-17-7-2-1-3-8-17)20-10-9-15-5-4-6-16(13-15)19(22)23/h1-8,13H,9-12,14H2,(H,20,21)(H,22,23). The number of amides is 1. The van der Waals surface area contributed by atoms with Gasteiger partial charge in [-0.1, -0.05) is 30.3 Å². The molecule has 0 aliphatic heterocycles. The predicted molar refractivity (Wildman–Crippen MR) is 92.9 cm³/mol. The molecule has 0 bridgehead atoms. The van der Waals surface area contributed by atoms with Crippen molar-refractivity contribution >= 4 is 11.9 Å². The number of aromatic carboxylic acids is 1. The number of carboxylic acid groups (broad SMARTS) is 1. The Balaban J connectivity index is 1.56. The van der Waals surface area contributed by atoms with Crippen LogP contribution in [0.2, 0.25) is 0 Å². The van der Waals surface area contributed by atoms with Gasteiger partial charge in [0.2, 0.25) is 5.91 Å². The van der Waals surface area contributed by atoms with Crippen molar-refractivity contribution < 1.29 is 24.2 Å². The smallest absolute Gasteiger partial charge is 0.335 e. The fourth-order valence-electron chi connectivity index (χ4n) is 2.16. The summed E-state index contributed by atoms with van der Waals surface area (Å²) in [5.41, 5.74) is 1.10. The van der Waals surface area contributed by atoms with E-state index in [0.717, 1.165) is 11.3 Å². The molecule has 2 aromatic carbocycles. The number of benzene rings is 2. The van der Waals surface area contributed by atoms with Crippen LogP contribution in [0.4, 0.5) is 0 Å². The Morgan fingerprint density at radius 2 is 1.80 bits per heavy atom. The minimum absolute atomic E-state index is 0.0344. The van der Waals surface area contributed by atoms with E-state index in [-0.39, 0.29) is 18.1 Å². The fourth-order valence-corrected chi connectivity index (χ4v) is 2.16. The highest BCUT2D eigenvalue weighted by Gasteiger charge is 2.04. The fraction of sp³-hybridized carbons (Fsp3) is 0.263. The molecular formula is C19H21NO5. The molecule has 0 unspecified atom stereocenters. The van der Waals surface area contributed by atoms with Crippen LogP contribution in [0.5, 0.6) is 5.75 Å². The number of ether oxygens (including phenoxy) is 2. The lowest BCUT2D eigenvalue weighted by Crippen LogP contribution is -2.30. The van der Waals surface area contributed by atoms with E-state index in [1.807, 2.05) is 36.4 Å². The lowest BCUT2D eigenvalue weighted by atomic mass is 10.1. The number of carbonyl (C=O) groups is 2. The van der Waals surface area contributed by atoms with Crippen LogP contribution >= 0.6 is 0 Å². The molecule has 6 heteroatoms. The summed E-state index contributed by atoms with van der Waals surface area (Å²) in [5.74, 6) is -0.412. The van der Waals surface area contributed by atoms with E-state index >= 15 is 0 Å². The van der Waals surface area contributed by atoms with Crippen molar-refractivity contribution in [2.45, 2.75) is 6.42 Å². The molecule has 2 rings (SSSR count). The highest BCUT2D eigenvalue weighted by molar-refractivity contribution is 5.87. The number of para-hydroxylation sites is 1. The second-order valence-corrected chi connectivity index (χ2v) is 5.32. The third-order valence-corrected chi connectivity index (χ3v) is 3.38. The van der Waals surface area contributed by atoms with Crippen molar-refractivity contribution in [1.29, 1.82) is 0 Å². The third-order valence-electron chi connectivity index (χ3n) is 3.38. The first-order valence-electron chi connectivity index (χ1n) is 7.99. The zero-order valence-electron chi connectivity index (χ0n) is 13.8. The highest BCUT2D eigenvalue weighted by atomic mass is 16.5. The van der Waals surface area contributed by atoms with Gasteiger partial charge in [0, 0.05) is 6.54 Å². The van der Waals surface area contributed by atoms with Gasteiger partial charge in [-0.15, -0.1) is 0 Å². The van der Waals surface area contributed by atoms with Crippen LogP contribution in [-0.4, -0.2) is 43.3 Å². The Labute approximate surface area is 146 Å². The van der Waals surface area contributed by atoms with Crippen molar-refractivity contribution in [3.8, 4) is 5.75 Å². The van der Waals surface area contributed by atoms with Gasteiger partial charge >= 0.3 is 5.97 Å². The van der Waals surface area contributed by atoms with Gasteiger partial charge in [0.25, 0.3) is 0 Å². The molecule has 0 spiro atoms. The van der Waals surface area contributed by atoms with E-state index in [2.05, 4.69) is 5.32 Å². The molecule has 2 N–H and O–H groups in total. The number of carbonyl (C=O) groups excluding carboxylic acids is 1. The van der Waals surface area contributed by atoms with Crippen LogP contribution in [0, 0.1) is 0 Å². The molecule has 6 nitrogen and oxygen atoms in total. The first kappa shape index (κ1) is 18.5. The van der Waals surface area contributed by atoms with Crippen molar-refractivity contribution in [1.82, 2.24) is 5.32 Å². The summed E-state index contributed by atoms with van der Waals surface area (Å²) in [6, 6.07) is 16.0. The van der Waals surface area contributed by atoms with Crippen molar-refractivity contribution in [2.75, 3.05) is 26.4 Å². The van der Waals surface area contributed by atoms with Gasteiger partial charge in [-0.2, -0.15) is 0 Å². The van der Waals surface area contributed by atoms with E-state index in [9.17, 15) is 9.59 Å². The summed E-state index contributed by atoms with van der Waals surface area (Å²) in [4.78, 5) is 22.6. The second-order valence-electron chi connectivity index (χ2n) is 5.32. The first-order valence-corrected chi connectivity index (χ1v) is 7.99. The minimum Gasteiger partial charge on any atom is -0.491 e. The van der Waals surface area contributed by atoms with E-state index < -0.39 is 5.97 Å². The average Bonchev–Trinajstić information content (AvgIpc) is 2.62. The van der Waals surface area contributed by atoms with E-state index in [1.165, 1.54) is 6.07 Å². The molecule has 0 radical (unpaired) electrons. The van der Waals surface area contributed by atoms with Crippen LogP contribution in [0.1, 0.15) is 15.9 Å². The normalized spacial score (nSPS) is 10.2. The van der Waals surface area contributed by atoms with Crippen LogP contribution < -0.4 is 10.1 Å². The van der Waals surface area contributed by atoms with Gasteiger partial charge in [0.15, 0.2) is 0 Å². The number of rotatable bonds is 10. The molecule has 0 atom stereocenters. The summed E-state index contributed by atoms with van der Waals surface area (Å²) in [5, 5.41) is 11.7. The Kier molecular flexibility index (Phi) is 7.46. The number of hydrogen-bond acceptors (Lipinski definition) is 4. The van der Waals surface area contributed by atoms with Gasteiger partial charge in [-0.25, -0.2) is 4.79 Å². The van der Waals surface area contributed by atoms with Gasteiger partial charge in [-0.3, -0.25) is 4.79 Å². The second kappa shape index (κ2) is 10.1. The summed E-state index contributed by atoms with van der Waals surface area (Å²) in [6.07, 6.45) is 0.560.